The molecular weight excluding hydrogens is 358 g/mol. The van der Waals surface area contributed by atoms with E-state index < -0.39 is 0 Å². The van der Waals surface area contributed by atoms with Crippen molar-refractivity contribution in [3.05, 3.63) is 48.0 Å². The number of aryl methyl sites for hydroxylation is 1. The summed E-state index contributed by atoms with van der Waals surface area (Å²) in [5.41, 5.74) is 3.33. The van der Waals surface area contributed by atoms with E-state index in [1.807, 2.05) is 31.2 Å². The fourth-order valence-electron chi connectivity index (χ4n) is 2.96. The van der Waals surface area contributed by atoms with Crippen LogP contribution < -0.4 is 14.2 Å². The van der Waals surface area contributed by atoms with Gasteiger partial charge in [-0.25, -0.2) is 4.98 Å². The highest BCUT2D eigenvalue weighted by Gasteiger charge is 2.18. The minimum absolute atomic E-state index is 0.346. The predicted molar refractivity (Wildman–Crippen MR) is 105 cm³/mol. The summed E-state index contributed by atoms with van der Waals surface area (Å²) in [6.07, 6.45) is 0. The maximum absolute atomic E-state index is 5.48. The van der Waals surface area contributed by atoms with E-state index in [-0.39, 0.29) is 0 Å². The average molecular weight is 377 g/mol. The minimum atomic E-state index is 0.346. The molecule has 0 spiro atoms. The van der Waals surface area contributed by atoms with Crippen molar-refractivity contribution in [3.63, 3.8) is 0 Å². The second-order valence-electron chi connectivity index (χ2n) is 6.27. The van der Waals surface area contributed by atoms with Crippen molar-refractivity contribution in [2.75, 3.05) is 21.3 Å². The first-order valence-corrected chi connectivity index (χ1v) is 8.64. The van der Waals surface area contributed by atoms with Crippen LogP contribution in [0.1, 0.15) is 5.56 Å². The number of methoxy groups -OCH3 is 3. The molecule has 28 heavy (non-hydrogen) atoms. The summed E-state index contributed by atoms with van der Waals surface area (Å²) in [5, 5.41) is 5.09. The molecule has 0 bridgehead atoms. The van der Waals surface area contributed by atoms with Crippen LogP contribution in [0.15, 0.2) is 47.0 Å². The fourth-order valence-corrected chi connectivity index (χ4v) is 2.96. The molecule has 0 aliphatic heterocycles. The Labute approximate surface area is 161 Å². The number of pyridine rings is 1. The summed E-state index contributed by atoms with van der Waals surface area (Å²) >= 11 is 0. The Bertz CT molecular complexity index is 1130. The molecule has 0 unspecified atom stereocenters. The number of hydrogen-bond donors (Lipinski definition) is 0. The van der Waals surface area contributed by atoms with Crippen molar-refractivity contribution in [2.24, 2.45) is 0 Å². The largest absolute Gasteiger partial charge is 0.497 e. The van der Waals surface area contributed by atoms with Crippen LogP contribution in [0.5, 0.6) is 17.4 Å². The molecule has 0 saturated heterocycles. The lowest BCUT2D eigenvalue weighted by molar-refractivity contribution is 0.393. The molecule has 0 aliphatic rings. The van der Waals surface area contributed by atoms with Gasteiger partial charge in [0.05, 0.1) is 32.4 Å². The highest BCUT2D eigenvalue weighted by Crippen LogP contribution is 2.33. The molecule has 2 aromatic heterocycles. The van der Waals surface area contributed by atoms with Gasteiger partial charge in [0.15, 0.2) is 0 Å². The van der Waals surface area contributed by atoms with E-state index in [1.54, 1.807) is 39.5 Å². The van der Waals surface area contributed by atoms with Gasteiger partial charge in [0.25, 0.3) is 5.89 Å². The van der Waals surface area contributed by atoms with Crippen molar-refractivity contribution >= 4 is 10.9 Å². The standard InChI is InChI=1S/C21H19N3O4/c1-12-5-6-13-10-17(21(27-4)22-18(13)7-12)19-23-20(28-24-19)14-8-15(25-2)11-16(9-14)26-3/h5-11H,1-4H3. The molecular formula is C21H19N3O4. The monoisotopic (exact) mass is 377 g/mol. The number of fused-ring (bicyclic) bond motifs is 1. The summed E-state index contributed by atoms with van der Waals surface area (Å²) in [6.45, 7) is 2.02. The van der Waals surface area contributed by atoms with E-state index >= 15 is 0 Å². The quantitative estimate of drug-likeness (QED) is 0.513. The van der Waals surface area contributed by atoms with E-state index in [0.717, 1.165) is 16.5 Å². The first-order chi connectivity index (χ1) is 13.6. The first kappa shape index (κ1) is 17.8. The van der Waals surface area contributed by atoms with Crippen LogP contribution in [0.3, 0.4) is 0 Å². The Morgan fingerprint density at radius 1 is 0.821 bits per heavy atom. The molecule has 0 N–H and O–H groups in total. The van der Waals surface area contributed by atoms with Gasteiger partial charge in [-0.2, -0.15) is 4.98 Å². The number of nitrogens with zero attached hydrogens (tertiary/aromatic N) is 3. The average Bonchev–Trinajstić information content (AvgIpc) is 3.22. The minimum Gasteiger partial charge on any atom is -0.497 e. The number of hydrogen-bond acceptors (Lipinski definition) is 7. The second kappa shape index (κ2) is 7.19. The third-order valence-electron chi connectivity index (χ3n) is 4.40. The van der Waals surface area contributed by atoms with Crippen molar-refractivity contribution in [3.8, 4) is 40.2 Å². The van der Waals surface area contributed by atoms with Crippen molar-refractivity contribution in [2.45, 2.75) is 6.92 Å². The zero-order valence-corrected chi connectivity index (χ0v) is 16.0. The Morgan fingerprint density at radius 2 is 1.57 bits per heavy atom. The van der Waals surface area contributed by atoms with E-state index in [0.29, 0.717) is 40.2 Å². The summed E-state index contributed by atoms with van der Waals surface area (Å²) < 4.78 is 21.6. The van der Waals surface area contributed by atoms with Gasteiger partial charge in [-0.1, -0.05) is 17.3 Å². The molecule has 142 valence electrons. The molecule has 0 fully saturated rings. The zero-order chi connectivity index (χ0) is 19.7. The van der Waals surface area contributed by atoms with Gasteiger partial charge in [-0.15, -0.1) is 0 Å². The Hall–Kier alpha value is -3.61. The van der Waals surface area contributed by atoms with Crippen molar-refractivity contribution in [1.82, 2.24) is 15.1 Å². The molecule has 0 atom stereocenters. The summed E-state index contributed by atoms with van der Waals surface area (Å²) in [6, 6.07) is 13.4. The lowest BCUT2D eigenvalue weighted by Crippen LogP contribution is -1.94. The van der Waals surface area contributed by atoms with Gasteiger partial charge in [0, 0.05) is 17.0 Å². The third kappa shape index (κ3) is 3.22. The molecule has 0 aliphatic carbocycles. The van der Waals surface area contributed by atoms with E-state index in [1.165, 1.54) is 0 Å². The molecule has 7 heteroatoms. The van der Waals surface area contributed by atoms with Crippen molar-refractivity contribution < 1.29 is 18.7 Å². The van der Waals surface area contributed by atoms with Crippen LogP contribution in [-0.2, 0) is 0 Å². The topological polar surface area (TPSA) is 79.5 Å². The third-order valence-corrected chi connectivity index (χ3v) is 4.40. The number of rotatable bonds is 5. The van der Waals surface area contributed by atoms with Gasteiger partial charge in [0.1, 0.15) is 11.5 Å². The SMILES string of the molecule is COc1cc(OC)cc(-c2nc(-c3cc4ccc(C)cc4nc3OC)no2)c1. The molecule has 0 amide bonds. The van der Waals surface area contributed by atoms with E-state index in [9.17, 15) is 0 Å². The Kier molecular flexibility index (Phi) is 4.57. The molecule has 7 nitrogen and oxygen atoms in total. The molecule has 2 aromatic carbocycles. The normalized spacial score (nSPS) is 10.9. The number of aromatic nitrogens is 3. The Morgan fingerprint density at radius 3 is 2.25 bits per heavy atom. The summed E-state index contributed by atoms with van der Waals surface area (Å²) in [5.74, 6) is 2.44. The molecule has 4 rings (SSSR count). The van der Waals surface area contributed by atoms with Crippen LogP contribution in [0, 0.1) is 6.92 Å². The van der Waals surface area contributed by atoms with Gasteiger partial charge < -0.3 is 18.7 Å². The molecule has 0 radical (unpaired) electrons. The van der Waals surface area contributed by atoms with Gasteiger partial charge in [-0.3, -0.25) is 0 Å². The lowest BCUT2D eigenvalue weighted by atomic mass is 10.1. The summed E-state index contributed by atoms with van der Waals surface area (Å²) in [7, 11) is 4.75. The van der Waals surface area contributed by atoms with Crippen LogP contribution in [0.25, 0.3) is 33.7 Å². The van der Waals surface area contributed by atoms with E-state index in [2.05, 4.69) is 15.1 Å². The lowest BCUT2D eigenvalue weighted by Gasteiger charge is -2.07. The van der Waals surface area contributed by atoms with Crippen LogP contribution >= 0.6 is 0 Å². The highest BCUT2D eigenvalue weighted by molar-refractivity contribution is 5.85. The van der Waals surface area contributed by atoms with Crippen LogP contribution in [0.4, 0.5) is 0 Å². The van der Waals surface area contributed by atoms with Gasteiger partial charge in [0.2, 0.25) is 11.7 Å². The van der Waals surface area contributed by atoms with Crippen LogP contribution in [0.2, 0.25) is 0 Å². The molecule has 0 saturated carbocycles. The van der Waals surface area contributed by atoms with Gasteiger partial charge in [-0.05, 0) is 36.8 Å². The van der Waals surface area contributed by atoms with Gasteiger partial charge >= 0.3 is 0 Å². The Balaban J connectivity index is 1.80. The smallest absolute Gasteiger partial charge is 0.258 e. The molecule has 4 aromatic rings. The molecule has 2 heterocycles. The zero-order valence-electron chi connectivity index (χ0n) is 16.0. The maximum atomic E-state index is 5.48. The van der Waals surface area contributed by atoms with E-state index in [4.69, 9.17) is 18.7 Å². The number of benzene rings is 2. The van der Waals surface area contributed by atoms with Crippen LogP contribution in [-0.4, -0.2) is 36.5 Å². The predicted octanol–water partition coefficient (Wildman–Crippen LogP) is 4.29. The second-order valence-corrected chi connectivity index (χ2v) is 6.27. The number of ether oxygens (including phenoxy) is 3. The first-order valence-electron chi connectivity index (χ1n) is 8.64. The summed E-state index contributed by atoms with van der Waals surface area (Å²) in [4.78, 5) is 9.11. The van der Waals surface area contributed by atoms with Crippen molar-refractivity contribution in [1.29, 1.82) is 0 Å². The maximum Gasteiger partial charge on any atom is 0.258 e. The fraction of sp³-hybridized carbons (Fsp3) is 0.190. The highest BCUT2D eigenvalue weighted by atomic mass is 16.5.